The lowest BCUT2D eigenvalue weighted by atomic mass is 10.0. The van der Waals surface area contributed by atoms with Crippen molar-refractivity contribution >= 4 is 8.60 Å². The molecule has 0 N–H and O–H groups in total. The zero-order chi connectivity index (χ0) is 33.2. The van der Waals surface area contributed by atoms with Gasteiger partial charge in [-0.2, -0.15) is 0 Å². The van der Waals surface area contributed by atoms with Crippen molar-refractivity contribution in [3.63, 3.8) is 0 Å². The Morgan fingerprint density at radius 2 is 0.596 bits per heavy atom. The van der Waals surface area contributed by atoms with Crippen molar-refractivity contribution in [3.05, 3.63) is 89.5 Å². The van der Waals surface area contributed by atoms with Crippen LogP contribution in [-0.2, 0) is 19.3 Å². The lowest BCUT2D eigenvalue weighted by Crippen LogP contribution is -2.06. The molecule has 3 aromatic rings. The summed E-state index contributed by atoms with van der Waals surface area (Å²) in [5, 5.41) is 0. The molecule has 0 atom stereocenters. The second-order valence-electron chi connectivity index (χ2n) is 13.2. The Morgan fingerprint density at radius 1 is 0.340 bits per heavy atom. The van der Waals surface area contributed by atoms with E-state index in [0.29, 0.717) is 0 Å². The van der Waals surface area contributed by atoms with Crippen molar-refractivity contribution in [2.24, 2.45) is 0 Å². The van der Waals surface area contributed by atoms with E-state index in [1.165, 1.54) is 139 Å². The molecule has 0 amide bonds. The van der Waals surface area contributed by atoms with Crippen LogP contribution >= 0.6 is 8.60 Å². The van der Waals surface area contributed by atoms with Crippen molar-refractivity contribution in [1.82, 2.24) is 0 Å². The van der Waals surface area contributed by atoms with Crippen LogP contribution in [-0.4, -0.2) is 0 Å². The van der Waals surface area contributed by atoms with E-state index in [-0.39, 0.29) is 0 Å². The first-order valence-electron chi connectivity index (χ1n) is 19.3. The first-order chi connectivity index (χ1) is 23.2. The maximum atomic E-state index is 6.73. The van der Waals surface area contributed by atoms with Gasteiger partial charge in [0.15, 0.2) is 0 Å². The smallest absolute Gasteiger partial charge is 0.408 e. The molecule has 47 heavy (non-hydrogen) atoms. The fraction of sp³-hybridized carbons (Fsp3) is 0.581. The van der Waals surface area contributed by atoms with Gasteiger partial charge in [0.2, 0.25) is 0 Å². The number of unbranched alkanes of at least 4 members (excludes halogenated alkanes) is 16. The molecule has 260 valence electrons. The second kappa shape index (κ2) is 25.5. The van der Waals surface area contributed by atoms with E-state index in [0.717, 1.165) is 36.5 Å². The summed E-state index contributed by atoms with van der Waals surface area (Å²) in [7, 11) is -1.72. The number of benzene rings is 3. The van der Waals surface area contributed by atoms with Crippen LogP contribution in [0.4, 0.5) is 0 Å². The molecule has 0 radical (unpaired) electrons. The fourth-order valence-electron chi connectivity index (χ4n) is 6.16. The van der Waals surface area contributed by atoms with Crippen LogP contribution in [0.25, 0.3) is 0 Å². The third-order valence-electron chi connectivity index (χ3n) is 9.09. The van der Waals surface area contributed by atoms with E-state index in [4.69, 9.17) is 13.6 Å². The molecule has 0 aliphatic heterocycles. The van der Waals surface area contributed by atoms with Gasteiger partial charge < -0.3 is 13.6 Å². The molecule has 0 saturated heterocycles. The Labute approximate surface area is 290 Å². The van der Waals surface area contributed by atoms with Crippen LogP contribution in [0.3, 0.4) is 0 Å². The fourth-order valence-corrected chi connectivity index (χ4v) is 7.29. The SMILES string of the molecule is CCCCCCCCCc1ccccc1OP(Oc1ccccc1CCCCCCCC)Oc1ccccc1CCCCCCCC. The topological polar surface area (TPSA) is 27.7 Å². The van der Waals surface area contributed by atoms with Crippen LogP contribution in [0.2, 0.25) is 0 Å². The minimum atomic E-state index is -1.72. The van der Waals surface area contributed by atoms with Gasteiger partial charge in [-0.3, -0.25) is 0 Å². The zero-order valence-corrected chi connectivity index (χ0v) is 31.1. The lowest BCUT2D eigenvalue weighted by Gasteiger charge is -2.22. The largest absolute Gasteiger partial charge is 0.530 e. The molecule has 3 aromatic carbocycles. The highest BCUT2D eigenvalue weighted by Crippen LogP contribution is 2.45. The zero-order valence-electron chi connectivity index (χ0n) is 30.2. The van der Waals surface area contributed by atoms with Crippen LogP contribution in [0.1, 0.15) is 159 Å². The van der Waals surface area contributed by atoms with Gasteiger partial charge in [-0.15, -0.1) is 0 Å². The molecule has 0 saturated carbocycles. The Bertz CT molecular complexity index is 1130. The van der Waals surface area contributed by atoms with Gasteiger partial charge in [0.25, 0.3) is 0 Å². The van der Waals surface area contributed by atoms with Crippen molar-refractivity contribution in [2.45, 2.75) is 162 Å². The number of para-hydroxylation sites is 3. The first kappa shape index (κ1) is 38.9. The number of rotatable bonds is 28. The predicted molar refractivity (Wildman–Crippen MR) is 204 cm³/mol. The molecule has 0 bridgehead atoms. The highest BCUT2D eigenvalue weighted by molar-refractivity contribution is 7.43. The second-order valence-corrected chi connectivity index (χ2v) is 14.2. The third-order valence-corrected chi connectivity index (χ3v) is 10.1. The van der Waals surface area contributed by atoms with Gasteiger partial charge in [0.05, 0.1) is 0 Å². The average molecular weight is 661 g/mol. The molecule has 3 rings (SSSR count). The molecule has 3 nitrogen and oxygen atoms in total. The molecular weight excluding hydrogens is 595 g/mol. The Morgan fingerprint density at radius 3 is 0.894 bits per heavy atom. The third kappa shape index (κ3) is 16.4. The van der Waals surface area contributed by atoms with Crippen LogP contribution < -0.4 is 13.6 Å². The summed E-state index contributed by atoms with van der Waals surface area (Å²) in [5.74, 6) is 2.64. The van der Waals surface area contributed by atoms with Gasteiger partial charge >= 0.3 is 8.60 Å². The molecule has 0 heterocycles. The monoisotopic (exact) mass is 660 g/mol. The van der Waals surface area contributed by atoms with Gasteiger partial charge in [-0.25, -0.2) is 0 Å². The number of hydrogen-bond acceptors (Lipinski definition) is 3. The van der Waals surface area contributed by atoms with Crippen molar-refractivity contribution < 1.29 is 13.6 Å². The van der Waals surface area contributed by atoms with E-state index >= 15 is 0 Å². The summed E-state index contributed by atoms with van der Waals surface area (Å²) < 4.78 is 20.2. The van der Waals surface area contributed by atoms with Gasteiger partial charge in [0.1, 0.15) is 17.2 Å². The van der Waals surface area contributed by atoms with E-state index in [1.54, 1.807) is 0 Å². The highest BCUT2D eigenvalue weighted by atomic mass is 31.2. The van der Waals surface area contributed by atoms with Crippen LogP contribution in [0.15, 0.2) is 72.8 Å². The predicted octanol–water partition coefficient (Wildman–Crippen LogP) is 14.5. The van der Waals surface area contributed by atoms with E-state index < -0.39 is 8.60 Å². The summed E-state index contributed by atoms with van der Waals surface area (Å²) in [6.45, 7) is 6.83. The van der Waals surface area contributed by atoms with Crippen molar-refractivity contribution in [3.8, 4) is 17.2 Å². The summed E-state index contributed by atoms with van der Waals surface area (Å²) in [6.07, 6.45) is 27.5. The molecule has 4 heteroatoms. The number of hydrogen-bond donors (Lipinski definition) is 0. The molecule has 0 aliphatic rings. The molecule has 0 aromatic heterocycles. The standard InChI is InChI=1S/C43H65O3P/c1-4-7-10-13-16-19-22-31-40-34-25-28-37-43(40)46-47(44-41-35-26-23-32-38(41)29-20-17-14-11-8-5-2)45-42-36-27-24-33-39(42)30-21-18-15-12-9-6-3/h23-28,32-37H,4-22,29-31H2,1-3H3. The Kier molecular flexibility index (Phi) is 21.1. The molecule has 0 unspecified atom stereocenters. The summed E-state index contributed by atoms with van der Waals surface area (Å²) >= 11 is 0. The molecule has 0 spiro atoms. The van der Waals surface area contributed by atoms with Crippen molar-refractivity contribution in [2.75, 3.05) is 0 Å². The normalized spacial score (nSPS) is 11.2. The van der Waals surface area contributed by atoms with E-state index in [9.17, 15) is 0 Å². The van der Waals surface area contributed by atoms with E-state index in [2.05, 4.69) is 93.6 Å². The van der Waals surface area contributed by atoms with Gasteiger partial charge in [-0.1, -0.05) is 178 Å². The average Bonchev–Trinajstić information content (AvgIpc) is 3.09. The molecule has 0 aliphatic carbocycles. The van der Waals surface area contributed by atoms with Gasteiger partial charge in [0, 0.05) is 0 Å². The Hall–Kier alpha value is -2.51. The maximum Gasteiger partial charge on any atom is 0.530 e. The summed E-state index contributed by atoms with van der Waals surface area (Å²) in [5.41, 5.74) is 3.71. The van der Waals surface area contributed by atoms with Crippen LogP contribution in [0.5, 0.6) is 17.2 Å². The number of aryl methyl sites for hydroxylation is 3. The van der Waals surface area contributed by atoms with E-state index in [1.807, 2.05) is 0 Å². The summed E-state index contributed by atoms with van der Waals surface area (Å²) in [6, 6.07) is 25.4. The molecule has 0 fully saturated rings. The Balaban J connectivity index is 1.73. The quantitative estimate of drug-likeness (QED) is 0.0573. The first-order valence-corrected chi connectivity index (χ1v) is 20.4. The van der Waals surface area contributed by atoms with Crippen molar-refractivity contribution in [1.29, 1.82) is 0 Å². The minimum Gasteiger partial charge on any atom is -0.408 e. The lowest BCUT2D eigenvalue weighted by molar-refractivity contribution is 0.382. The highest BCUT2D eigenvalue weighted by Gasteiger charge is 2.24. The minimum absolute atomic E-state index is 0.880. The maximum absolute atomic E-state index is 6.73. The molecular formula is C43H65O3P. The van der Waals surface area contributed by atoms with Crippen LogP contribution in [0, 0.1) is 0 Å². The summed E-state index contributed by atoms with van der Waals surface area (Å²) in [4.78, 5) is 0. The van der Waals surface area contributed by atoms with Gasteiger partial charge in [-0.05, 0) is 73.4 Å².